The summed E-state index contributed by atoms with van der Waals surface area (Å²) in [4.78, 5) is 0. The van der Waals surface area contributed by atoms with E-state index in [1.165, 1.54) is 11.1 Å². The third-order valence-electron chi connectivity index (χ3n) is 3.86. The van der Waals surface area contributed by atoms with Crippen molar-refractivity contribution in [3.63, 3.8) is 0 Å². The Hall–Kier alpha value is -2.16. The fraction of sp³-hybridized carbons (Fsp3) is 0.333. The van der Waals surface area contributed by atoms with Crippen molar-refractivity contribution in [1.82, 2.24) is 0 Å². The van der Waals surface area contributed by atoms with Crippen LogP contribution in [0.3, 0.4) is 0 Å². The first-order valence-corrected chi connectivity index (χ1v) is 7.39. The summed E-state index contributed by atoms with van der Waals surface area (Å²) in [5.41, 5.74) is 3.67. The molecule has 1 atom stereocenters. The molecule has 1 unspecified atom stereocenters. The predicted molar refractivity (Wildman–Crippen MR) is 85.1 cm³/mol. The molecule has 0 amide bonds. The highest BCUT2D eigenvalue weighted by atomic mass is 16.7. The summed E-state index contributed by atoms with van der Waals surface area (Å²) < 4.78 is 10.8. The molecule has 3 heteroatoms. The van der Waals surface area contributed by atoms with Gasteiger partial charge in [-0.2, -0.15) is 0 Å². The highest BCUT2D eigenvalue weighted by molar-refractivity contribution is 5.50. The normalized spacial score (nSPS) is 14.3. The lowest BCUT2D eigenvalue weighted by atomic mass is 10.0. The van der Waals surface area contributed by atoms with Crippen LogP contribution in [0.25, 0.3) is 0 Å². The van der Waals surface area contributed by atoms with Gasteiger partial charge in [0.25, 0.3) is 0 Å². The van der Waals surface area contributed by atoms with Crippen LogP contribution in [-0.4, -0.2) is 6.79 Å². The van der Waals surface area contributed by atoms with Crippen molar-refractivity contribution in [3.05, 3.63) is 53.6 Å². The molecule has 0 bridgehead atoms. The van der Waals surface area contributed by atoms with Crippen LogP contribution in [0.1, 0.15) is 43.9 Å². The smallest absolute Gasteiger partial charge is 0.231 e. The molecular formula is C18H21NO2. The minimum Gasteiger partial charge on any atom is -0.454 e. The van der Waals surface area contributed by atoms with E-state index in [9.17, 15) is 0 Å². The Morgan fingerprint density at radius 2 is 1.52 bits per heavy atom. The molecule has 21 heavy (non-hydrogen) atoms. The zero-order valence-corrected chi connectivity index (χ0v) is 12.7. The molecule has 0 spiro atoms. The molecule has 1 aliphatic rings. The Bertz CT molecular complexity index is 620. The highest BCUT2D eigenvalue weighted by Crippen LogP contribution is 2.34. The Morgan fingerprint density at radius 1 is 0.857 bits per heavy atom. The molecule has 1 heterocycles. The van der Waals surface area contributed by atoms with Gasteiger partial charge in [0, 0.05) is 11.7 Å². The van der Waals surface area contributed by atoms with Crippen LogP contribution in [0.2, 0.25) is 0 Å². The van der Waals surface area contributed by atoms with Gasteiger partial charge in [0.1, 0.15) is 0 Å². The van der Waals surface area contributed by atoms with Gasteiger partial charge in [-0.05, 0) is 48.2 Å². The summed E-state index contributed by atoms with van der Waals surface area (Å²) in [5, 5.41) is 3.52. The van der Waals surface area contributed by atoms with Crippen molar-refractivity contribution < 1.29 is 9.47 Å². The number of hydrogen-bond donors (Lipinski definition) is 1. The van der Waals surface area contributed by atoms with E-state index in [0.29, 0.717) is 12.7 Å². The van der Waals surface area contributed by atoms with Crippen LogP contribution in [0.5, 0.6) is 11.5 Å². The molecule has 1 aliphatic heterocycles. The van der Waals surface area contributed by atoms with Gasteiger partial charge in [0.2, 0.25) is 6.79 Å². The molecule has 110 valence electrons. The molecule has 1 N–H and O–H groups in total. The van der Waals surface area contributed by atoms with Gasteiger partial charge < -0.3 is 14.8 Å². The zero-order chi connectivity index (χ0) is 14.8. The lowest BCUT2D eigenvalue weighted by molar-refractivity contribution is 0.174. The van der Waals surface area contributed by atoms with Crippen molar-refractivity contribution in [2.45, 2.75) is 32.7 Å². The average molecular weight is 283 g/mol. The van der Waals surface area contributed by atoms with E-state index < -0.39 is 0 Å². The molecule has 0 radical (unpaired) electrons. The van der Waals surface area contributed by atoms with Gasteiger partial charge in [-0.25, -0.2) is 0 Å². The van der Waals surface area contributed by atoms with Gasteiger partial charge >= 0.3 is 0 Å². The second-order valence-corrected chi connectivity index (χ2v) is 5.76. The molecule has 3 rings (SSSR count). The lowest BCUT2D eigenvalue weighted by Gasteiger charge is -2.17. The molecule has 0 saturated heterocycles. The first-order valence-electron chi connectivity index (χ1n) is 7.39. The number of rotatable bonds is 4. The third kappa shape index (κ3) is 2.97. The number of fused-ring (bicyclic) bond motifs is 1. The maximum Gasteiger partial charge on any atom is 0.231 e. The summed E-state index contributed by atoms with van der Waals surface area (Å²) >= 11 is 0. The van der Waals surface area contributed by atoms with E-state index in [1.807, 2.05) is 12.1 Å². The van der Waals surface area contributed by atoms with E-state index in [-0.39, 0.29) is 6.04 Å². The maximum absolute atomic E-state index is 5.43. The van der Waals surface area contributed by atoms with Crippen LogP contribution < -0.4 is 14.8 Å². The minimum absolute atomic E-state index is 0.212. The van der Waals surface area contributed by atoms with Crippen LogP contribution in [0.15, 0.2) is 42.5 Å². The number of ether oxygens (including phenoxy) is 2. The monoisotopic (exact) mass is 283 g/mol. The van der Waals surface area contributed by atoms with Crippen LogP contribution in [0.4, 0.5) is 5.69 Å². The van der Waals surface area contributed by atoms with Crippen molar-refractivity contribution in [3.8, 4) is 11.5 Å². The predicted octanol–water partition coefficient (Wildman–Crippen LogP) is 4.71. The number of hydrogen-bond acceptors (Lipinski definition) is 3. The lowest BCUT2D eigenvalue weighted by Crippen LogP contribution is -2.06. The van der Waals surface area contributed by atoms with Crippen LogP contribution in [0, 0.1) is 0 Å². The molecular weight excluding hydrogens is 262 g/mol. The second-order valence-electron chi connectivity index (χ2n) is 5.76. The standard InChI is InChI=1S/C18H21NO2/c1-12(2)14-4-7-16(8-5-14)19-13(3)15-6-9-17-18(10-15)21-11-20-17/h4-10,12-13,19H,11H2,1-3H3. The molecule has 0 aliphatic carbocycles. The summed E-state index contributed by atoms with van der Waals surface area (Å²) in [7, 11) is 0. The first kappa shape index (κ1) is 13.8. The maximum atomic E-state index is 5.43. The van der Waals surface area contributed by atoms with E-state index in [4.69, 9.17) is 9.47 Å². The van der Waals surface area contributed by atoms with E-state index in [1.54, 1.807) is 0 Å². The number of benzene rings is 2. The highest BCUT2D eigenvalue weighted by Gasteiger charge is 2.15. The molecule has 0 saturated carbocycles. The number of anilines is 1. The largest absolute Gasteiger partial charge is 0.454 e. The van der Waals surface area contributed by atoms with Gasteiger partial charge in [-0.1, -0.05) is 32.0 Å². The fourth-order valence-electron chi connectivity index (χ4n) is 2.48. The fourth-order valence-corrected chi connectivity index (χ4v) is 2.48. The summed E-state index contributed by atoms with van der Waals surface area (Å²) in [5.74, 6) is 2.22. The molecule has 2 aromatic carbocycles. The Balaban J connectivity index is 1.72. The van der Waals surface area contributed by atoms with Crippen LogP contribution in [-0.2, 0) is 0 Å². The van der Waals surface area contributed by atoms with Gasteiger partial charge in [-0.15, -0.1) is 0 Å². The first-order chi connectivity index (χ1) is 10.1. The second kappa shape index (κ2) is 5.68. The Morgan fingerprint density at radius 3 is 2.24 bits per heavy atom. The zero-order valence-electron chi connectivity index (χ0n) is 12.7. The van der Waals surface area contributed by atoms with E-state index in [0.717, 1.165) is 17.2 Å². The van der Waals surface area contributed by atoms with Gasteiger partial charge in [0.15, 0.2) is 11.5 Å². The number of nitrogens with one attached hydrogen (secondary N) is 1. The topological polar surface area (TPSA) is 30.5 Å². The van der Waals surface area contributed by atoms with E-state index in [2.05, 4.69) is 56.4 Å². The molecule has 0 aromatic heterocycles. The van der Waals surface area contributed by atoms with Crippen molar-refractivity contribution >= 4 is 5.69 Å². The minimum atomic E-state index is 0.212. The Labute approximate surface area is 125 Å². The summed E-state index contributed by atoms with van der Waals surface area (Å²) in [6, 6.07) is 14.9. The molecule has 2 aromatic rings. The quantitative estimate of drug-likeness (QED) is 0.881. The summed E-state index contributed by atoms with van der Waals surface area (Å²) in [6.07, 6.45) is 0. The van der Waals surface area contributed by atoms with Gasteiger partial charge in [0.05, 0.1) is 0 Å². The Kier molecular flexibility index (Phi) is 3.74. The van der Waals surface area contributed by atoms with Crippen molar-refractivity contribution in [2.75, 3.05) is 12.1 Å². The summed E-state index contributed by atoms with van der Waals surface area (Å²) in [6.45, 7) is 6.88. The van der Waals surface area contributed by atoms with Crippen molar-refractivity contribution in [2.24, 2.45) is 0 Å². The molecule has 0 fully saturated rings. The van der Waals surface area contributed by atoms with Gasteiger partial charge in [-0.3, -0.25) is 0 Å². The van der Waals surface area contributed by atoms with E-state index >= 15 is 0 Å². The average Bonchev–Trinajstić information content (AvgIpc) is 2.95. The van der Waals surface area contributed by atoms with Crippen molar-refractivity contribution in [1.29, 1.82) is 0 Å². The molecule has 3 nitrogen and oxygen atoms in total. The third-order valence-corrected chi connectivity index (χ3v) is 3.86. The SMILES string of the molecule is CC(C)c1ccc(NC(C)c2ccc3c(c2)OCO3)cc1. The van der Waals surface area contributed by atoms with Crippen LogP contribution >= 0.6 is 0 Å².